The van der Waals surface area contributed by atoms with Gasteiger partial charge in [0.05, 0.1) is 10.6 Å². The molecule has 0 aliphatic heterocycles. The summed E-state index contributed by atoms with van der Waals surface area (Å²) < 4.78 is 17.0. The molecule has 0 spiro atoms. The molecule has 1 aromatic carbocycles. The second kappa shape index (κ2) is 7.98. The Morgan fingerprint density at radius 2 is 1.93 bits per heavy atom. The van der Waals surface area contributed by atoms with Crippen molar-refractivity contribution < 1.29 is 13.6 Å². The fourth-order valence-corrected chi connectivity index (χ4v) is 3.76. The maximum absolute atomic E-state index is 5.75. The topological polar surface area (TPSA) is 74.2 Å². The van der Waals surface area contributed by atoms with E-state index in [0.29, 0.717) is 22.8 Å². The first-order valence-corrected chi connectivity index (χ1v) is 10.2. The third-order valence-corrected chi connectivity index (χ3v) is 5.48. The lowest BCUT2D eigenvalue weighted by atomic mass is 10.2. The number of aromatic nitrogens is 3. The SMILES string of the molecule is Cc1ccc(OCc2nnc(SCc3nc(-c4cccs4)oc3C)o2)cc1. The van der Waals surface area contributed by atoms with Crippen molar-refractivity contribution in [3.63, 3.8) is 0 Å². The van der Waals surface area contributed by atoms with Crippen LogP contribution in [-0.2, 0) is 12.4 Å². The smallest absolute Gasteiger partial charge is 0.277 e. The van der Waals surface area contributed by atoms with Crippen LogP contribution in [0.3, 0.4) is 0 Å². The first kappa shape index (κ1) is 17.8. The highest BCUT2D eigenvalue weighted by atomic mass is 32.2. The van der Waals surface area contributed by atoms with Crippen LogP contribution in [0.1, 0.15) is 22.9 Å². The molecular formula is C19H17N3O3S2. The van der Waals surface area contributed by atoms with Crippen molar-refractivity contribution in [2.75, 3.05) is 0 Å². The molecule has 0 fully saturated rings. The molecule has 0 amide bonds. The van der Waals surface area contributed by atoms with Crippen LogP contribution in [0.25, 0.3) is 10.8 Å². The van der Waals surface area contributed by atoms with Crippen LogP contribution in [0, 0.1) is 13.8 Å². The van der Waals surface area contributed by atoms with Crippen LogP contribution in [0.4, 0.5) is 0 Å². The van der Waals surface area contributed by atoms with Crippen molar-refractivity contribution in [3.8, 4) is 16.5 Å². The Kier molecular flexibility index (Phi) is 5.26. The molecule has 0 bridgehead atoms. The fourth-order valence-electron chi connectivity index (χ4n) is 2.33. The highest BCUT2D eigenvalue weighted by Gasteiger charge is 2.14. The van der Waals surface area contributed by atoms with Gasteiger partial charge in [0.25, 0.3) is 11.1 Å². The molecule has 8 heteroatoms. The molecule has 4 aromatic rings. The van der Waals surface area contributed by atoms with Crippen molar-refractivity contribution >= 4 is 23.1 Å². The Morgan fingerprint density at radius 3 is 2.70 bits per heavy atom. The van der Waals surface area contributed by atoms with E-state index in [2.05, 4.69) is 15.2 Å². The van der Waals surface area contributed by atoms with Gasteiger partial charge in [0.2, 0.25) is 5.89 Å². The number of thiophene rings is 1. The van der Waals surface area contributed by atoms with E-state index in [9.17, 15) is 0 Å². The van der Waals surface area contributed by atoms with Crippen molar-refractivity contribution in [1.82, 2.24) is 15.2 Å². The predicted molar refractivity (Wildman–Crippen MR) is 104 cm³/mol. The quantitative estimate of drug-likeness (QED) is 0.392. The lowest BCUT2D eigenvalue weighted by Gasteiger charge is -2.02. The molecule has 27 heavy (non-hydrogen) atoms. The van der Waals surface area contributed by atoms with Gasteiger partial charge in [-0.25, -0.2) is 4.98 Å². The van der Waals surface area contributed by atoms with Gasteiger partial charge in [-0.2, -0.15) is 0 Å². The molecule has 6 nitrogen and oxygen atoms in total. The number of nitrogens with zero attached hydrogens (tertiary/aromatic N) is 3. The summed E-state index contributed by atoms with van der Waals surface area (Å²) in [6, 6.07) is 11.8. The third-order valence-electron chi connectivity index (χ3n) is 3.79. The molecule has 0 radical (unpaired) electrons. The van der Waals surface area contributed by atoms with Gasteiger partial charge in [-0.05, 0) is 37.4 Å². The number of thioether (sulfide) groups is 1. The molecule has 0 aliphatic rings. The second-order valence-electron chi connectivity index (χ2n) is 5.85. The van der Waals surface area contributed by atoms with Gasteiger partial charge in [-0.3, -0.25) is 0 Å². The Hall–Kier alpha value is -2.58. The summed E-state index contributed by atoms with van der Waals surface area (Å²) in [5.74, 6) is 3.26. The van der Waals surface area contributed by atoms with E-state index in [1.54, 1.807) is 11.3 Å². The van der Waals surface area contributed by atoms with E-state index in [-0.39, 0.29) is 6.61 Å². The van der Waals surface area contributed by atoms with E-state index in [4.69, 9.17) is 13.6 Å². The minimum Gasteiger partial charge on any atom is -0.484 e. The molecule has 0 N–H and O–H groups in total. The van der Waals surface area contributed by atoms with Gasteiger partial charge >= 0.3 is 0 Å². The Labute approximate surface area is 164 Å². The molecule has 0 atom stereocenters. The minimum atomic E-state index is 0.238. The van der Waals surface area contributed by atoms with Crippen molar-refractivity contribution in [3.05, 3.63) is 64.7 Å². The minimum absolute atomic E-state index is 0.238. The normalized spacial score (nSPS) is 11.0. The summed E-state index contributed by atoms with van der Waals surface area (Å²) in [6.07, 6.45) is 0. The molecule has 0 unspecified atom stereocenters. The highest BCUT2D eigenvalue weighted by molar-refractivity contribution is 7.98. The lowest BCUT2D eigenvalue weighted by molar-refractivity contribution is 0.252. The maximum atomic E-state index is 5.75. The van der Waals surface area contributed by atoms with Gasteiger partial charge in [0.15, 0.2) is 6.61 Å². The molecule has 3 aromatic heterocycles. The maximum Gasteiger partial charge on any atom is 0.277 e. The standard InChI is InChI=1S/C19H17N3O3S2/c1-12-5-7-14(8-6-12)23-10-17-21-22-19(25-17)27-11-15-13(2)24-18(20-15)16-4-3-9-26-16/h3-9H,10-11H2,1-2H3. The Bertz CT molecular complexity index is 1010. The summed E-state index contributed by atoms with van der Waals surface area (Å²) in [5, 5.41) is 10.6. The first-order valence-electron chi connectivity index (χ1n) is 8.32. The van der Waals surface area contributed by atoms with E-state index < -0.39 is 0 Å². The third kappa shape index (κ3) is 4.40. The molecule has 138 valence electrons. The lowest BCUT2D eigenvalue weighted by Crippen LogP contribution is -1.95. The van der Waals surface area contributed by atoms with Crippen LogP contribution >= 0.6 is 23.1 Å². The van der Waals surface area contributed by atoms with Gasteiger partial charge in [0.1, 0.15) is 11.5 Å². The van der Waals surface area contributed by atoms with Gasteiger partial charge in [0, 0.05) is 5.75 Å². The second-order valence-corrected chi connectivity index (χ2v) is 7.73. The Morgan fingerprint density at radius 1 is 1.07 bits per heavy atom. The summed E-state index contributed by atoms with van der Waals surface area (Å²) in [6.45, 7) is 4.18. The highest BCUT2D eigenvalue weighted by Crippen LogP contribution is 2.29. The molecule has 3 heterocycles. The monoisotopic (exact) mass is 399 g/mol. The predicted octanol–water partition coefficient (Wildman–Crippen LogP) is 5.27. The van der Waals surface area contributed by atoms with E-state index in [1.165, 1.54) is 17.3 Å². The summed E-state index contributed by atoms with van der Waals surface area (Å²) >= 11 is 3.03. The molecule has 0 saturated carbocycles. The van der Waals surface area contributed by atoms with Crippen LogP contribution in [0.15, 0.2) is 55.8 Å². The summed E-state index contributed by atoms with van der Waals surface area (Å²) in [5.41, 5.74) is 2.06. The summed E-state index contributed by atoms with van der Waals surface area (Å²) in [7, 11) is 0. The zero-order valence-electron chi connectivity index (χ0n) is 14.8. The zero-order chi connectivity index (χ0) is 18.6. The first-order chi connectivity index (χ1) is 13.2. The number of hydrogen-bond acceptors (Lipinski definition) is 8. The largest absolute Gasteiger partial charge is 0.484 e. The molecule has 4 rings (SSSR count). The van der Waals surface area contributed by atoms with Crippen LogP contribution < -0.4 is 4.74 Å². The van der Waals surface area contributed by atoms with Crippen molar-refractivity contribution in [2.24, 2.45) is 0 Å². The average molecular weight is 399 g/mol. The van der Waals surface area contributed by atoms with E-state index in [1.807, 2.05) is 55.6 Å². The van der Waals surface area contributed by atoms with Gasteiger partial charge < -0.3 is 13.6 Å². The van der Waals surface area contributed by atoms with E-state index >= 15 is 0 Å². The molecule has 0 saturated heterocycles. The molecule has 0 aliphatic carbocycles. The Balaban J connectivity index is 1.34. The van der Waals surface area contributed by atoms with Crippen LogP contribution in [0.2, 0.25) is 0 Å². The van der Waals surface area contributed by atoms with Crippen LogP contribution in [0.5, 0.6) is 5.75 Å². The van der Waals surface area contributed by atoms with Gasteiger partial charge in [-0.15, -0.1) is 21.5 Å². The number of ether oxygens (including phenoxy) is 1. The zero-order valence-corrected chi connectivity index (χ0v) is 16.5. The van der Waals surface area contributed by atoms with Gasteiger partial charge in [-0.1, -0.05) is 35.5 Å². The number of oxazole rings is 1. The van der Waals surface area contributed by atoms with E-state index in [0.717, 1.165) is 22.1 Å². The molecular weight excluding hydrogens is 382 g/mol. The van der Waals surface area contributed by atoms with Crippen molar-refractivity contribution in [1.29, 1.82) is 0 Å². The number of benzene rings is 1. The summed E-state index contributed by atoms with van der Waals surface area (Å²) in [4.78, 5) is 5.58. The van der Waals surface area contributed by atoms with Crippen LogP contribution in [-0.4, -0.2) is 15.2 Å². The number of hydrogen-bond donors (Lipinski definition) is 0. The average Bonchev–Trinajstić information content (AvgIpc) is 3.41. The van der Waals surface area contributed by atoms with Crippen molar-refractivity contribution in [2.45, 2.75) is 31.4 Å². The fraction of sp³-hybridized carbons (Fsp3) is 0.211. The number of rotatable bonds is 7. The number of aryl methyl sites for hydroxylation is 2.